The number of aliphatic hydroxyl groups is 1. The lowest BCUT2D eigenvalue weighted by molar-refractivity contribution is 0.0211. The zero-order valence-corrected chi connectivity index (χ0v) is 21.0. The van der Waals surface area contributed by atoms with Crippen LogP contribution in [0.15, 0.2) is 60.7 Å². The minimum Gasteiger partial charge on any atom is -0.508 e. The van der Waals surface area contributed by atoms with Crippen LogP contribution in [0.2, 0.25) is 0 Å². The van der Waals surface area contributed by atoms with Gasteiger partial charge < -0.3 is 45.2 Å². The zero-order chi connectivity index (χ0) is 29.2. The van der Waals surface area contributed by atoms with Crippen LogP contribution in [0.3, 0.4) is 0 Å². The molecule has 3 atom stereocenters. The smallest absolute Gasteiger partial charge is 0.202 e. The number of ketones is 2. The van der Waals surface area contributed by atoms with Crippen LogP contribution in [-0.2, 0) is 0 Å². The summed E-state index contributed by atoms with van der Waals surface area (Å²) in [5.74, 6) is -3.48. The number of carbonyl (C=O) groups excluding carboxylic acids is 2. The van der Waals surface area contributed by atoms with Gasteiger partial charge in [0.1, 0.15) is 63.2 Å². The standard InChI is InChI=1S/C30H22O11/c31-14-7-20(35)26-22(37)11-23(40-24(26)9-14)12-1-3-18(33)16(5-12)17-6-13(2-4-19(17)34)30-29(39)28(38)27-21(36)8-15(32)10-25(27)41-30/h1-10,23,29-36,39H,11H2/t23-,29-,30+/m1/s1. The highest BCUT2D eigenvalue weighted by atomic mass is 16.5. The van der Waals surface area contributed by atoms with E-state index in [9.17, 15) is 45.3 Å². The van der Waals surface area contributed by atoms with Crippen molar-refractivity contribution < 1.29 is 54.8 Å². The topological polar surface area (TPSA) is 194 Å². The Morgan fingerprint density at radius 2 is 1.15 bits per heavy atom. The molecule has 0 amide bonds. The van der Waals surface area contributed by atoms with Crippen LogP contribution in [0.1, 0.15) is 50.5 Å². The molecule has 0 saturated heterocycles. The van der Waals surface area contributed by atoms with E-state index in [1.807, 2.05) is 0 Å². The van der Waals surface area contributed by atoms with Crippen LogP contribution in [0.4, 0.5) is 0 Å². The SMILES string of the molecule is O=C1C[C@H](c2ccc(O)c(-c3cc([C@@H]4Oc5cc(O)cc(O)c5C(=O)[C@H]4O)ccc3O)c2)Oc2cc(O)cc(O)c21. The average Bonchev–Trinajstić information content (AvgIpc) is 2.90. The number of hydrogen-bond donors (Lipinski definition) is 7. The fourth-order valence-corrected chi connectivity index (χ4v) is 5.19. The lowest BCUT2D eigenvalue weighted by atomic mass is 9.90. The minimum atomic E-state index is -1.73. The number of ether oxygens (including phenoxy) is 2. The molecule has 4 aromatic carbocycles. The number of benzene rings is 4. The first-order valence-corrected chi connectivity index (χ1v) is 12.4. The monoisotopic (exact) mass is 558 g/mol. The van der Waals surface area contributed by atoms with E-state index in [0.717, 1.165) is 18.2 Å². The molecular weight excluding hydrogens is 536 g/mol. The van der Waals surface area contributed by atoms with Crippen molar-refractivity contribution >= 4 is 11.6 Å². The van der Waals surface area contributed by atoms with Crippen molar-refractivity contribution in [1.29, 1.82) is 0 Å². The summed E-state index contributed by atoms with van der Waals surface area (Å²) < 4.78 is 11.7. The number of hydrogen-bond acceptors (Lipinski definition) is 11. The van der Waals surface area contributed by atoms with E-state index >= 15 is 0 Å². The van der Waals surface area contributed by atoms with Gasteiger partial charge in [-0.25, -0.2) is 0 Å². The molecule has 11 nitrogen and oxygen atoms in total. The molecule has 2 aliphatic rings. The van der Waals surface area contributed by atoms with E-state index in [1.54, 1.807) is 0 Å². The van der Waals surface area contributed by atoms with Crippen LogP contribution in [-0.4, -0.2) is 53.4 Å². The number of phenols is 6. The molecule has 7 N–H and O–H groups in total. The van der Waals surface area contributed by atoms with Crippen LogP contribution >= 0.6 is 0 Å². The Hall–Kier alpha value is -5.42. The van der Waals surface area contributed by atoms with E-state index in [2.05, 4.69) is 0 Å². The van der Waals surface area contributed by atoms with Crippen LogP contribution < -0.4 is 9.47 Å². The second-order valence-electron chi connectivity index (χ2n) is 9.81. The molecule has 2 aliphatic heterocycles. The van der Waals surface area contributed by atoms with Gasteiger partial charge in [-0.05, 0) is 35.4 Å². The molecular formula is C30H22O11. The van der Waals surface area contributed by atoms with Crippen molar-refractivity contribution in [3.05, 3.63) is 82.9 Å². The van der Waals surface area contributed by atoms with Crippen molar-refractivity contribution in [2.45, 2.75) is 24.7 Å². The van der Waals surface area contributed by atoms with Gasteiger partial charge in [-0.2, -0.15) is 0 Å². The molecule has 0 aromatic heterocycles. The van der Waals surface area contributed by atoms with Gasteiger partial charge in [0.05, 0.1) is 6.42 Å². The fraction of sp³-hybridized carbons (Fsp3) is 0.133. The predicted octanol–water partition coefficient (Wildman–Crippen LogP) is 3.97. The van der Waals surface area contributed by atoms with Crippen molar-refractivity contribution in [3.63, 3.8) is 0 Å². The Morgan fingerprint density at radius 1 is 0.610 bits per heavy atom. The Labute approximate surface area is 231 Å². The molecule has 0 fully saturated rings. The number of carbonyl (C=O) groups is 2. The lowest BCUT2D eigenvalue weighted by Gasteiger charge is -2.30. The summed E-state index contributed by atoms with van der Waals surface area (Å²) in [5, 5.41) is 72.0. The summed E-state index contributed by atoms with van der Waals surface area (Å²) in [6.07, 6.45) is -4.01. The summed E-state index contributed by atoms with van der Waals surface area (Å²) in [7, 11) is 0. The molecule has 0 aliphatic carbocycles. The maximum absolute atomic E-state index is 12.9. The first kappa shape index (κ1) is 25.8. The largest absolute Gasteiger partial charge is 0.508 e. The summed E-state index contributed by atoms with van der Waals surface area (Å²) in [5.41, 5.74) is 0.588. The molecule has 0 spiro atoms. The van der Waals surface area contributed by atoms with Gasteiger partial charge in [0.25, 0.3) is 0 Å². The number of phenolic OH excluding ortho intramolecular Hbond substituents is 6. The molecule has 41 heavy (non-hydrogen) atoms. The van der Waals surface area contributed by atoms with Gasteiger partial charge in [-0.15, -0.1) is 0 Å². The predicted molar refractivity (Wildman–Crippen MR) is 141 cm³/mol. The first-order chi connectivity index (χ1) is 19.5. The van der Waals surface area contributed by atoms with E-state index in [0.29, 0.717) is 5.56 Å². The number of aliphatic hydroxyl groups excluding tert-OH is 1. The summed E-state index contributed by atoms with van der Waals surface area (Å²) in [4.78, 5) is 25.6. The summed E-state index contributed by atoms with van der Waals surface area (Å²) >= 11 is 0. The molecule has 0 saturated carbocycles. The summed E-state index contributed by atoms with van der Waals surface area (Å²) in [6.45, 7) is 0. The average molecular weight is 558 g/mol. The van der Waals surface area contributed by atoms with Crippen molar-refractivity contribution in [3.8, 4) is 57.1 Å². The normalized spacial score (nSPS) is 19.6. The molecule has 0 radical (unpaired) electrons. The minimum absolute atomic E-state index is 0.00586. The molecule has 2 heterocycles. The molecule has 6 rings (SSSR count). The van der Waals surface area contributed by atoms with E-state index in [-0.39, 0.29) is 68.7 Å². The first-order valence-electron chi connectivity index (χ1n) is 12.4. The highest BCUT2D eigenvalue weighted by Crippen LogP contribution is 2.46. The quantitative estimate of drug-likeness (QED) is 0.192. The van der Waals surface area contributed by atoms with E-state index in [1.165, 1.54) is 42.5 Å². The summed E-state index contributed by atoms with van der Waals surface area (Å²) in [6, 6.07) is 12.8. The lowest BCUT2D eigenvalue weighted by Crippen LogP contribution is -2.36. The highest BCUT2D eigenvalue weighted by Gasteiger charge is 2.39. The van der Waals surface area contributed by atoms with Crippen molar-refractivity contribution in [2.24, 2.45) is 0 Å². The van der Waals surface area contributed by atoms with Crippen LogP contribution in [0.25, 0.3) is 11.1 Å². The van der Waals surface area contributed by atoms with Gasteiger partial charge in [0.2, 0.25) is 5.78 Å². The Morgan fingerprint density at radius 3 is 1.78 bits per heavy atom. The highest BCUT2D eigenvalue weighted by molar-refractivity contribution is 6.05. The second kappa shape index (κ2) is 9.35. The number of rotatable bonds is 3. The third-order valence-electron chi connectivity index (χ3n) is 7.14. The number of Topliss-reactive ketones (excluding diaryl/α,β-unsaturated/α-hetero) is 2. The maximum atomic E-state index is 12.9. The van der Waals surface area contributed by atoms with Gasteiger partial charge >= 0.3 is 0 Å². The van der Waals surface area contributed by atoms with E-state index < -0.39 is 41.4 Å². The van der Waals surface area contributed by atoms with Crippen molar-refractivity contribution in [1.82, 2.24) is 0 Å². The second-order valence-corrected chi connectivity index (χ2v) is 9.81. The van der Waals surface area contributed by atoms with Gasteiger partial charge in [-0.3, -0.25) is 9.59 Å². The Balaban J connectivity index is 1.37. The molecule has 0 unspecified atom stereocenters. The Kier molecular flexibility index (Phi) is 5.89. The molecule has 208 valence electrons. The van der Waals surface area contributed by atoms with E-state index in [4.69, 9.17) is 9.47 Å². The van der Waals surface area contributed by atoms with Gasteiger partial charge in [-0.1, -0.05) is 12.1 Å². The molecule has 4 aromatic rings. The van der Waals surface area contributed by atoms with Crippen LogP contribution in [0, 0.1) is 0 Å². The molecule has 11 heteroatoms. The van der Waals surface area contributed by atoms with Gasteiger partial charge in [0.15, 0.2) is 18.0 Å². The Bertz CT molecular complexity index is 1760. The number of fused-ring (bicyclic) bond motifs is 2. The maximum Gasteiger partial charge on any atom is 0.202 e. The van der Waals surface area contributed by atoms with Gasteiger partial charge in [0, 0.05) is 35.4 Å². The molecule has 0 bridgehead atoms. The van der Waals surface area contributed by atoms with Crippen molar-refractivity contribution in [2.75, 3.05) is 0 Å². The third kappa shape index (κ3) is 4.28. The third-order valence-corrected chi connectivity index (χ3v) is 7.14. The fourth-order valence-electron chi connectivity index (χ4n) is 5.19. The van der Waals surface area contributed by atoms with Crippen LogP contribution in [0.5, 0.6) is 46.0 Å². The number of aromatic hydroxyl groups is 6. The zero-order valence-electron chi connectivity index (χ0n) is 21.0.